The molecule has 0 fully saturated rings. The van der Waals surface area contributed by atoms with Crippen LogP contribution in [0.15, 0.2) is 18.2 Å². The molecule has 0 radical (unpaired) electrons. The van der Waals surface area contributed by atoms with Crippen LogP contribution < -0.4 is 0 Å². The van der Waals surface area contributed by atoms with E-state index in [1.165, 1.54) is 6.07 Å². The van der Waals surface area contributed by atoms with Gasteiger partial charge in [-0.15, -0.1) is 0 Å². The first-order chi connectivity index (χ1) is 6.86. The van der Waals surface area contributed by atoms with Gasteiger partial charge in [0.2, 0.25) is 0 Å². The van der Waals surface area contributed by atoms with Gasteiger partial charge in [0.1, 0.15) is 0 Å². The number of nitro benzene ring substituents is 1. The van der Waals surface area contributed by atoms with Gasteiger partial charge in [-0.05, 0) is 11.0 Å². The van der Waals surface area contributed by atoms with Gasteiger partial charge in [0.15, 0.2) is 0 Å². The molecule has 0 aliphatic rings. The number of aliphatic hydroxyl groups excluding tert-OH is 1. The summed E-state index contributed by atoms with van der Waals surface area (Å²) in [6.45, 7) is 5.60. The molecule has 0 heterocycles. The predicted octanol–water partition coefficient (Wildman–Crippen LogP) is 2.38. The normalized spacial score (nSPS) is 11.5. The maximum atomic E-state index is 10.9. The molecule has 1 aromatic carbocycles. The molecule has 1 N–H and O–H groups in total. The van der Waals surface area contributed by atoms with E-state index in [9.17, 15) is 10.1 Å². The van der Waals surface area contributed by atoms with Crippen LogP contribution in [-0.2, 0) is 12.0 Å². The van der Waals surface area contributed by atoms with Crippen LogP contribution in [0.1, 0.15) is 31.9 Å². The van der Waals surface area contributed by atoms with Crippen LogP contribution in [0.4, 0.5) is 5.69 Å². The Morgan fingerprint density at radius 2 is 2.00 bits per heavy atom. The zero-order valence-electron chi connectivity index (χ0n) is 9.15. The molecule has 0 unspecified atom stereocenters. The lowest BCUT2D eigenvalue weighted by molar-refractivity contribution is -0.386. The molecular formula is C11H15NO3. The molecular weight excluding hydrogens is 194 g/mol. The number of aliphatic hydroxyl groups is 1. The zero-order valence-corrected chi connectivity index (χ0v) is 9.15. The molecule has 1 aromatic rings. The lowest BCUT2D eigenvalue weighted by Gasteiger charge is -2.19. The van der Waals surface area contributed by atoms with Crippen LogP contribution in [0, 0.1) is 10.1 Å². The third-order valence-electron chi connectivity index (χ3n) is 2.25. The summed E-state index contributed by atoms with van der Waals surface area (Å²) in [5.41, 5.74) is 1.06. The topological polar surface area (TPSA) is 63.4 Å². The van der Waals surface area contributed by atoms with Crippen molar-refractivity contribution in [2.45, 2.75) is 32.8 Å². The maximum Gasteiger partial charge on any atom is 0.273 e. The summed E-state index contributed by atoms with van der Waals surface area (Å²) in [7, 11) is 0. The number of hydrogen-bond acceptors (Lipinski definition) is 3. The molecule has 0 saturated heterocycles. The van der Waals surface area contributed by atoms with Crippen molar-refractivity contribution in [2.75, 3.05) is 0 Å². The Labute approximate surface area is 88.7 Å². The Bertz CT molecular complexity index is 380. The summed E-state index contributed by atoms with van der Waals surface area (Å²) >= 11 is 0. The van der Waals surface area contributed by atoms with Crippen molar-refractivity contribution in [3.05, 3.63) is 39.4 Å². The lowest BCUT2D eigenvalue weighted by Crippen LogP contribution is -2.14. The first-order valence-corrected chi connectivity index (χ1v) is 4.75. The van der Waals surface area contributed by atoms with Crippen molar-refractivity contribution in [3.8, 4) is 0 Å². The zero-order chi connectivity index (χ0) is 11.6. The molecule has 0 spiro atoms. The van der Waals surface area contributed by atoms with E-state index in [-0.39, 0.29) is 17.7 Å². The van der Waals surface area contributed by atoms with Gasteiger partial charge in [-0.2, -0.15) is 0 Å². The predicted molar refractivity (Wildman–Crippen MR) is 57.7 cm³/mol. The number of nitrogens with zero attached hydrogens (tertiary/aromatic N) is 1. The van der Waals surface area contributed by atoms with Gasteiger partial charge in [-0.1, -0.05) is 32.9 Å². The SMILES string of the molecule is CC(C)(C)c1ccc(CO)cc1[N+](=O)[O-]. The van der Waals surface area contributed by atoms with Crippen LogP contribution in [-0.4, -0.2) is 10.0 Å². The minimum Gasteiger partial charge on any atom is -0.392 e. The molecule has 82 valence electrons. The highest BCUT2D eigenvalue weighted by Crippen LogP contribution is 2.31. The van der Waals surface area contributed by atoms with Crippen LogP contribution >= 0.6 is 0 Å². The second-order valence-electron chi connectivity index (χ2n) is 4.52. The molecule has 4 nitrogen and oxygen atoms in total. The number of benzene rings is 1. The summed E-state index contributed by atoms with van der Waals surface area (Å²) in [6.07, 6.45) is 0. The van der Waals surface area contributed by atoms with Gasteiger partial charge in [0, 0.05) is 11.6 Å². The lowest BCUT2D eigenvalue weighted by atomic mass is 9.85. The van der Waals surface area contributed by atoms with Crippen LogP contribution in [0.5, 0.6) is 0 Å². The van der Waals surface area contributed by atoms with Crippen molar-refractivity contribution in [1.82, 2.24) is 0 Å². The summed E-state index contributed by atoms with van der Waals surface area (Å²) in [5, 5.41) is 19.8. The highest BCUT2D eigenvalue weighted by Gasteiger charge is 2.24. The summed E-state index contributed by atoms with van der Waals surface area (Å²) in [4.78, 5) is 10.5. The Hall–Kier alpha value is -1.42. The second-order valence-corrected chi connectivity index (χ2v) is 4.52. The quantitative estimate of drug-likeness (QED) is 0.600. The van der Waals surface area contributed by atoms with E-state index in [4.69, 9.17) is 5.11 Å². The van der Waals surface area contributed by atoms with Gasteiger partial charge >= 0.3 is 0 Å². The monoisotopic (exact) mass is 209 g/mol. The molecule has 0 aliphatic heterocycles. The van der Waals surface area contributed by atoms with E-state index in [1.54, 1.807) is 12.1 Å². The average Bonchev–Trinajstić information content (AvgIpc) is 2.15. The van der Waals surface area contributed by atoms with E-state index in [2.05, 4.69) is 0 Å². The molecule has 0 bridgehead atoms. The highest BCUT2D eigenvalue weighted by molar-refractivity contribution is 5.46. The van der Waals surface area contributed by atoms with Gasteiger partial charge in [0.25, 0.3) is 5.69 Å². The Morgan fingerprint density at radius 3 is 2.40 bits per heavy atom. The van der Waals surface area contributed by atoms with E-state index in [1.807, 2.05) is 20.8 Å². The van der Waals surface area contributed by atoms with Gasteiger partial charge < -0.3 is 5.11 Å². The van der Waals surface area contributed by atoms with Gasteiger partial charge in [-0.25, -0.2) is 0 Å². The molecule has 1 rings (SSSR count). The van der Waals surface area contributed by atoms with Crippen molar-refractivity contribution >= 4 is 5.69 Å². The summed E-state index contributed by atoms with van der Waals surface area (Å²) in [6, 6.07) is 4.86. The fraction of sp³-hybridized carbons (Fsp3) is 0.455. The smallest absolute Gasteiger partial charge is 0.273 e. The van der Waals surface area contributed by atoms with E-state index in [0.29, 0.717) is 11.1 Å². The number of rotatable bonds is 2. The van der Waals surface area contributed by atoms with Crippen molar-refractivity contribution < 1.29 is 10.0 Å². The molecule has 0 aliphatic carbocycles. The molecule has 4 heteroatoms. The second kappa shape index (κ2) is 3.98. The average molecular weight is 209 g/mol. The van der Waals surface area contributed by atoms with Crippen LogP contribution in [0.2, 0.25) is 0 Å². The number of hydrogen-bond donors (Lipinski definition) is 1. The first kappa shape index (κ1) is 11.7. The minimum atomic E-state index is -0.403. The molecule has 0 saturated carbocycles. The van der Waals surface area contributed by atoms with Crippen LogP contribution in [0.25, 0.3) is 0 Å². The third kappa shape index (κ3) is 2.53. The van der Waals surface area contributed by atoms with Crippen molar-refractivity contribution in [2.24, 2.45) is 0 Å². The van der Waals surface area contributed by atoms with E-state index >= 15 is 0 Å². The molecule has 0 amide bonds. The van der Waals surface area contributed by atoms with Crippen LogP contribution in [0.3, 0.4) is 0 Å². The van der Waals surface area contributed by atoms with Crippen molar-refractivity contribution in [1.29, 1.82) is 0 Å². The highest BCUT2D eigenvalue weighted by atomic mass is 16.6. The summed E-state index contributed by atoms with van der Waals surface area (Å²) in [5.74, 6) is 0. The largest absolute Gasteiger partial charge is 0.392 e. The standard InChI is InChI=1S/C11H15NO3/c1-11(2,3)9-5-4-8(7-13)6-10(9)12(14)15/h4-6,13H,7H2,1-3H3. The molecule has 0 aromatic heterocycles. The summed E-state index contributed by atoms with van der Waals surface area (Å²) < 4.78 is 0. The van der Waals surface area contributed by atoms with Gasteiger partial charge in [0.05, 0.1) is 11.5 Å². The first-order valence-electron chi connectivity index (χ1n) is 4.75. The van der Waals surface area contributed by atoms with E-state index in [0.717, 1.165) is 0 Å². The fourth-order valence-electron chi connectivity index (χ4n) is 1.46. The minimum absolute atomic E-state index is 0.0778. The fourth-order valence-corrected chi connectivity index (χ4v) is 1.46. The Balaban J connectivity index is 3.34. The van der Waals surface area contributed by atoms with E-state index < -0.39 is 4.92 Å². The number of nitro groups is 1. The maximum absolute atomic E-state index is 10.9. The van der Waals surface area contributed by atoms with Crippen molar-refractivity contribution in [3.63, 3.8) is 0 Å². The van der Waals surface area contributed by atoms with Gasteiger partial charge in [-0.3, -0.25) is 10.1 Å². The third-order valence-corrected chi connectivity index (χ3v) is 2.25. The Kier molecular flexibility index (Phi) is 3.09. The molecule has 0 atom stereocenters. The Morgan fingerprint density at radius 1 is 1.40 bits per heavy atom. The molecule has 15 heavy (non-hydrogen) atoms.